The Labute approximate surface area is 113 Å². The first-order valence-electron chi connectivity index (χ1n) is 6.58. The number of nitriles is 1. The van der Waals surface area contributed by atoms with Crippen LogP contribution in [0.25, 0.3) is 0 Å². The lowest BCUT2D eigenvalue weighted by Gasteiger charge is -2.29. The maximum atomic E-state index is 9.24. The molecule has 1 aliphatic heterocycles. The Morgan fingerprint density at radius 2 is 1.94 bits per heavy atom. The molecule has 1 aliphatic rings. The van der Waals surface area contributed by atoms with E-state index in [1.807, 2.05) is 0 Å². The van der Waals surface area contributed by atoms with Gasteiger partial charge in [-0.05, 0) is 18.8 Å². The van der Waals surface area contributed by atoms with Gasteiger partial charge in [0, 0.05) is 18.5 Å². The van der Waals surface area contributed by atoms with Crippen LogP contribution in [0.15, 0.2) is 0 Å². The van der Waals surface area contributed by atoms with Crippen molar-refractivity contribution in [1.82, 2.24) is 4.98 Å². The highest BCUT2D eigenvalue weighted by Crippen LogP contribution is 2.34. The van der Waals surface area contributed by atoms with Crippen molar-refractivity contribution in [3.63, 3.8) is 0 Å². The van der Waals surface area contributed by atoms with Crippen LogP contribution in [0.4, 0.5) is 5.13 Å². The molecule has 1 saturated heterocycles. The number of rotatable bonds is 1. The monoisotopic (exact) mass is 263 g/mol. The number of aromatic nitrogens is 1. The molecule has 0 radical (unpaired) electrons. The van der Waals surface area contributed by atoms with Gasteiger partial charge in [-0.3, -0.25) is 0 Å². The van der Waals surface area contributed by atoms with Crippen LogP contribution >= 0.6 is 11.3 Å². The fraction of sp³-hybridized carbons (Fsp3) is 0.714. The maximum absolute atomic E-state index is 9.24. The van der Waals surface area contributed by atoms with E-state index in [4.69, 9.17) is 4.98 Å². The molecule has 0 saturated carbocycles. The SMILES string of the molecule is CC1CCN(c2nc(C(C)(C)C)c(C#N)s2)CC1. The van der Waals surface area contributed by atoms with Gasteiger partial charge < -0.3 is 4.90 Å². The van der Waals surface area contributed by atoms with Crippen molar-refractivity contribution >= 4 is 16.5 Å². The molecule has 18 heavy (non-hydrogen) atoms. The van der Waals surface area contributed by atoms with E-state index in [0.717, 1.165) is 34.7 Å². The molecule has 0 aliphatic carbocycles. The van der Waals surface area contributed by atoms with Crippen LogP contribution < -0.4 is 4.90 Å². The minimum atomic E-state index is -0.0527. The van der Waals surface area contributed by atoms with Crippen molar-refractivity contribution in [3.8, 4) is 6.07 Å². The quantitative estimate of drug-likeness (QED) is 0.778. The lowest BCUT2D eigenvalue weighted by Crippen LogP contribution is -2.32. The smallest absolute Gasteiger partial charge is 0.186 e. The summed E-state index contributed by atoms with van der Waals surface area (Å²) in [5, 5.41) is 10.3. The predicted octanol–water partition coefficient (Wildman–Crippen LogP) is 3.55. The minimum Gasteiger partial charge on any atom is -0.348 e. The van der Waals surface area contributed by atoms with Crippen molar-refractivity contribution in [1.29, 1.82) is 5.26 Å². The predicted molar refractivity (Wildman–Crippen MR) is 76.1 cm³/mol. The third-order valence-electron chi connectivity index (χ3n) is 3.48. The van der Waals surface area contributed by atoms with Crippen LogP contribution in [0.1, 0.15) is 51.1 Å². The first-order chi connectivity index (χ1) is 8.41. The normalized spacial score (nSPS) is 17.8. The second-order valence-electron chi connectivity index (χ2n) is 6.21. The largest absolute Gasteiger partial charge is 0.348 e. The maximum Gasteiger partial charge on any atom is 0.186 e. The van der Waals surface area contributed by atoms with Gasteiger partial charge in [0.15, 0.2) is 5.13 Å². The van der Waals surface area contributed by atoms with Crippen LogP contribution in [-0.2, 0) is 5.41 Å². The zero-order valence-corrected chi connectivity index (χ0v) is 12.5. The van der Waals surface area contributed by atoms with Gasteiger partial charge in [0.1, 0.15) is 10.9 Å². The van der Waals surface area contributed by atoms with Gasteiger partial charge >= 0.3 is 0 Å². The van der Waals surface area contributed by atoms with Gasteiger partial charge in [-0.2, -0.15) is 5.26 Å². The van der Waals surface area contributed by atoms with E-state index >= 15 is 0 Å². The zero-order valence-electron chi connectivity index (χ0n) is 11.7. The van der Waals surface area contributed by atoms with Gasteiger partial charge in [-0.1, -0.05) is 39.0 Å². The Kier molecular flexibility index (Phi) is 3.63. The Hall–Kier alpha value is -1.08. The summed E-state index contributed by atoms with van der Waals surface area (Å²) in [5.74, 6) is 0.818. The first kappa shape index (κ1) is 13.4. The molecular weight excluding hydrogens is 242 g/mol. The van der Waals surface area contributed by atoms with E-state index in [9.17, 15) is 5.26 Å². The molecule has 1 aromatic rings. The average molecular weight is 263 g/mol. The summed E-state index contributed by atoms with van der Waals surface area (Å²) < 4.78 is 0. The molecule has 3 nitrogen and oxygen atoms in total. The molecule has 0 unspecified atom stereocenters. The number of thiazole rings is 1. The second kappa shape index (κ2) is 4.89. The van der Waals surface area contributed by atoms with Crippen molar-refractivity contribution in [3.05, 3.63) is 10.6 Å². The average Bonchev–Trinajstić information content (AvgIpc) is 2.73. The van der Waals surface area contributed by atoms with Crippen LogP contribution in [-0.4, -0.2) is 18.1 Å². The fourth-order valence-corrected chi connectivity index (χ4v) is 3.35. The zero-order chi connectivity index (χ0) is 13.3. The van der Waals surface area contributed by atoms with Gasteiger partial charge in [0.05, 0.1) is 5.69 Å². The van der Waals surface area contributed by atoms with E-state index in [0.29, 0.717) is 0 Å². The van der Waals surface area contributed by atoms with Gasteiger partial charge in [-0.25, -0.2) is 4.98 Å². The third-order valence-corrected chi connectivity index (χ3v) is 4.50. The molecule has 0 spiro atoms. The fourth-order valence-electron chi connectivity index (χ4n) is 2.23. The van der Waals surface area contributed by atoms with Crippen LogP contribution in [0.5, 0.6) is 0 Å². The van der Waals surface area contributed by atoms with Crippen molar-refractivity contribution in [2.24, 2.45) is 5.92 Å². The Bertz CT molecular complexity index is 456. The number of anilines is 1. The molecule has 1 aromatic heterocycles. The van der Waals surface area contributed by atoms with Crippen LogP contribution in [0.3, 0.4) is 0 Å². The molecule has 0 amide bonds. The molecule has 2 heterocycles. The van der Waals surface area contributed by atoms with Crippen LogP contribution in [0.2, 0.25) is 0 Å². The molecule has 1 fully saturated rings. The summed E-state index contributed by atoms with van der Waals surface area (Å²) in [6.45, 7) is 10.8. The first-order valence-corrected chi connectivity index (χ1v) is 7.40. The number of hydrogen-bond acceptors (Lipinski definition) is 4. The lowest BCUT2D eigenvalue weighted by molar-refractivity contribution is 0.437. The molecular formula is C14H21N3S. The molecule has 0 atom stereocenters. The Morgan fingerprint density at radius 1 is 1.33 bits per heavy atom. The van der Waals surface area contributed by atoms with E-state index in [1.54, 1.807) is 11.3 Å². The summed E-state index contributed by atoms with van der Waals surface area (Å²) in [4.78, 5) is 7.83. The summed E-state index contributed by atoms with van der Waals surface area (Å²) in [6, 6.07) is 2.30. The number of hydrogen-bond donors (Lipinski definition) is 0. The highest BCUT2D eigenvalue weighted by Gasteiger charge is 2.26. The number of nitrogens with zero attached hydrogens (tertiary/aromatic N) is 3. The third kappa shape index (κ3) is 2.67. The molecule has 0 aromatic carbocycles. The molecule has 98 valence electrons. The van der Waals surface area contributed by atoms with Gasteiger partial charge in [-0.15, -0.1) is 0 Å². The van der Waals surface area contributed by atoms with Crippen LogP contribution in [0, 0.1) is 17.2 Å². The standard InChI is InChI=1S/C14H21N3S/c1-10-5-7-17(8-6-10)13-16-12(14(2,3)4)11(9-15)18-13/h10H,5-8H2,1-4H3. The molecule has 4 heteroatoms. The summed E-state index contributed by atoms with van der Waals surface area (Å²) >= 11 is 1.55. The summed E-state index contributed by atoms with van der Waals surface area (Å²) in [7, 11) is 0. The van der Waals surface area contributed by atoms with Crippen molar-refractivity contribution < 1.29 is 0 Å². The summed E-state index contributed by atoms with van der Waals surface area (Å²) in [6.07, 6.45) is 2.46. The van der Waals surface area contributed by atoms with E-state index in [1.165, 1.54) is 12.8 Å². The number of piperidine rings is 1. The highest BCUT2D eigenvalue weighted by atomic mass is 32.1. The molecule has 0 N–H and O–H groups in total. The van der Waals surface area contributed by atoms with E-state index in [2.05, 4.69) is 38.7 Å². The van der Waals surface area contributed by atoms with Crippen molar-refractivity contribution in [2.45, 2.75) is 46.0 Å². The minimum absolute atomic E-state index is 0.0527. The second-order valence-corrected chi connectivity index (χ2v) is 7.18. The topological polar surface area (TPSA) is 39.9 Å². The Balaban J connectivity index is 2.25. The van der Waals surface area contributed by atoms with Gasteiger partial charge in [0.25, 0.3) is 0 Å². The Morgan fingerprint density at radius 3 is 2.39 bits per heavy atom. The van der Waals surface area contributed by atoms with E-state index < -0.39 is 0 Å². The lowest BCUT2D eigenvalue weighted by atomic mass is 9.91. The molecule has 2 rings (SSSR count). The van der Waals surface area contributed by atoms with E-state index in [-0.39, 0.29) is 5.41 Å². The van der Waals surface area contributed by atoms with Gasteiger partial charge in [0.2, 0.25) is 0 Å². The summed E-state index contributed by atoms with van der Waals surface area (Å²) in [5.41, 5.74) is 0.895. The molecule has 0 bridgehead atoms. The highest BCUT2D eigenvalue weighted by molar-refractivity contribution is 7.16. The van der Waals surface area contributed by atoms with Crippen molar-refractivity contribution in [2.75, 3.05) is 18.0 Å².